The molecule has 0 saturated heterocycles. The van der Waals surface area contributed by atoms with Gasteiger partial charge in [-0.05, 0) is 25.1 Å². The fourth-order valence-corrected chi connectivity index (χ4v) is 2.69. The molecule has 0 aliphatic rings. The summed E-state index contributed by atoms with van der Waals surface area (Å²) in [6.45, 7) is 1.85. The topological polar surface area (TPSA) is 85.1 Å². The lowest BCUT2D eigenvalue weighted by molar-refractivity contribution is 0.416. The molecule has 0 aliphatic carbocycles. The first-order valence-electron chi connectivity index (χ1n) is 7.04. The van der Waals surface area contributed by atoms with Crippen LogP contribution in [-0.2, 0) is 0 Å². The Labute approximate surface area is 134 Å². The Morgan fingerprint density at radius 3 is 2.61 bits per heavy atom. The van der Waals surface area contributed by atoms with Gasteiger partial charge in [0, 0.05) is 22.4 Å². The summed E-state index contributed by atoms with van der Waals surface area (Å²) in [6, 6.07) is 13.3. The van der Waals surface area contributed by atoms with Crippen LogP contribution >= 0.6 is 0 Å². The van der Waals surface area contributed by atoms with Gasteiger partial charge in [-0.2, -0.15) is 5.26 Å². The molecule has 0 radical (unpaired) electrons. The van der Waals surface area contributed by atoms with Crippen LogP contribution in [0.2, 0.25) is 0 Å². The van der Waals surface area contributed by atoms with Gasteiger partial charge in [0.25, 0.3) is 0 Å². The number of anilines is 1. The maximum Gasteiger partial charge on any atom is 0.142 e. The number of nitriles is 1. The van der Waals surface area contributed by atoms with Crippen LogP contribution in [0, 0.1) is 18.3 Å². The van der Waals surface area contributed by atoms with Crippen LogP contribution in [0.15, 0.2) is 47.1 Å². The third kappa shape index (κ3) is 2.40. The first-order valence-corrected chi connectivity index (χ1v) is 7.04. The average molecular weight is 305 g/mol. The molecule has 5 heteroatoms. The number of nitrogens with zero attached hydrogens (tertiary/aromatic N) is 2. The number of hydrogen-bond donors (Lipinski definition) is 1. The second-order valence-corrected chi connectivity index (χ2v) is 5.00. The number of ether oxygens (including phenoxy) is 1. The average Bonchev–Trinajstić information content (AvgIpc) is 3.08. The van der Waals surface area contributed by atoms with Crippen molar-refractivity contribution in [3.05, 3.63) is 53.9 Å². The standard InChI is InChI=1S/C18H15N3O2/c1-11-16(12-6-3-4-7-14(12)22-2)17(15-8-5-9-23-15)13(10-19)18(20)21-11/h3-9H,1-2H3,(H2,20,21). The van der Waals surface area contributed by atoms with Gasteiger partial charge in [0.05, 0.1) is 13.4 Å². The van der Waals surface area contributed by atoms with Crippen molar-refractivity contribution in [2.45, 2.75) is 6.92 Å². The zero-order chi connectivity index (χ0) is 16.4. The molecule has 0 bridgehead atoms. The summed E-state index contributed by atoms with van der Waals surface area (Å²) < 4.78 is 11.0. The molecule has 0 amide bonds. The number of aryl methyl sites for hydroxylation is 1. The maximum absolute atomic E-state index is 9.54. The number of hydrogen-bond acceptors (Lipinski definition) is 5. The molecule has 0 fully saturated rings. The Balaban J connectivity index is 2.44. The predicted octanol–water partition coefficient (Wildman–Crippen LogP) is 3.78. The van der Waals surface area contributed by atoms with E-state index >= 15 is 0 Å². The molecule has 0 aliphatic heterocycles. The van der Waals surface area contributed by atoms with Gasteiger partial charge in [-0.15, -0.1) is 0 Å². The molecule has 3 rings (SSSR count). The van der Waals surface area contributed by atoms with Crippen LogP contribution in [0.5, 0.6) is 5.75 Å². The Morgan fingerprint density at radius 2 is 1.96 bits per heavy atom. The zero-order valence-electron chi connectivity index (χ0n) is 12.8. The monoisotopic (exact) mass is 305 g/mol. The van der Waals surface area contributed by atoms with E-state index < -0.39 is 0 Å². The van der Waals surface area contributed by atoms with Gasteiger partial charge in [0.15, 0.2) is 0 Å². The number of methoxy groups -OCH3 is 1. The van der Waals surface area contributed by atoms with Crippen molar-refractivity contribution in [2.75, 3.05) is 12.8 Å². The van der Waals surface area contributed by atoms with Crippen molar-refractivity contribution in [3.8, 4) is 34.3 Å². The molecule has 0 unspecified atom stereocenters. The quantitative estimate of drug-likeness (QED) is 0.796. The molecule has 2 heterocycles. The molecule has 0 saturated carbocycles. The number of benzene rings is 1. The fraction of sp³-hybridized carbons (Fsp3) is 0.111. The van der Waals surface area contributed by atoms with Crippen LogP contribution in [-0.4, -0.2) is 12.1 Å². The second-order valence-electron chi connectivity index (χ2n) is 5.00. The molecular formula is C18H15N3O2. The number of pyridine rings is 1. The number of para-hydroxylation sites is 1. The number of nitrogens with two attached hydrogens (primary N) is 1. The molecule has 2 aromatic heterocycles. The lowest BCUT2D eigenvalue weighted by atomic mass is 9.93. The minimum Gasteiger partial charge on any atom is -0.496 e. The van der Waals surface area contributed by atoms with E-state index in [0.717, 1.165) is 11.1 Å². The molecule has 3 aromatic rings. The zero-order valence-corrected chi connectivity index (χ0v) is 12.8. The number of rotatable bonds is 3. The fourth-order valence-electron chi connectivity index (χ4n) is 2.69. The van der Waals surface area contributed by atoms with E-state index in [1.165, 1.54) is 0 Å². The van der Waals surface area contributed by atoms with Crippen molar-refractivity contribution >= 4 is 5.82 Å². The van der Waals surface area contributed by atoms with Gasteiger partial charge in [-0.1, -0.05) is 18.2 Å². The number of nitrogen functional groups attached to an aromatic ring is 1. The molecule has 0 spiro atoms. The largest absolute Gasteiger partial charge is 0.496 e. The van der Waals surface area contributed by atoms with Crippen LogP contribution in [0.25, 0.3) is 22.5 Å². The van der Waals surface area contributed by atoms with Crippen LogP contribution in [0.4, 0.5) is 5.82 Å². The van der Waals surface area contributed by atoms with Gasteiger partial charge in [0.2, 0.25) is 0 Å². The molecular weight excluding hydrogens is 290 g/mol. The summed E-state index contributed by atoms with van der Waals surface area (Å²) >= 11 is 0. The van der Waals surface area contributed by atoms with Crippen LogP contribution in [0.3, 0.4) is 0 Å². The van der Waals surface area contributed by atoms with Gasteiger partial charge >= 0.3 is 0 Å². The minimum atomic E-state index is 0.190. The van der Waals surface area contributed by atoms with E-state index in [4.69, 9.17) is 14.9 Å². The lowest BCUT2D eigenvalue weighted by Crippen LogP contribution is -2.03. The van der Waals surface area contributed by atoms with E-state index in [-0.39, 0.29) is 5.82 Å². The van der Waals surface area contributed by atoms with Gasteiger partial charge in [-0.3, -0.25) is 0 Å². The van der Waals surface area contributed by atoms with Crippen LogP contribution in [0.1, 0.15) is 11.3 Å². The van der Waals surface area contributed by atoms with E-state index in [9.17, 15) is 5.26 Å². The van der Waals surface area contributed by atoms with Crippen molar-refractivity contribution in [3.63, 3.8) is 0 Å². The Morgan fingerprint density at radius 1 is 1.17 bits per heavy atom. The summed E-state index contributed by atoms with van der Waals surface area (Å²) in [5.74, 6) is 1.45. The Kier molecular flexibility index (Phi) is 3.73. The predicted molar refractivity (Wildman–Crippen MR) is 87.8 cm³/mol. The minimum absolute atomic E-state index is 0.190. The number of furan rings is 1. The molecule has 2 N–H and O–H groups in total. The Bertz CT molecular complexity index is 893. The van der Waals surface area contributed by atoms with Crippen LogP contribution < -0.4 is 10.5 Å². The van der Waals surface area contributed by atoms with Crippen molar-refractivity contribution in [1.29, 1.82) is 5.26 Å². The molecule has 0 atom stereocenters. The summed E-state index contributed by atoms with van der Waals surface area (Å²) in [5, 5.41) is 9.54. The number of aromatic nitrogens is 1. The van der Waals surface area contributed by atoms with Crippen molar-refractivity contribution < 1.29 is 9.15 Å². The van der Waals surface area contributed by atoms with Gasteiger partial charge in [0.1, 0.15) is 29.0 Å². The van der Waals surface area contributed by atoms with Crippen molar-refractivity contribution in [1.82, 2.24) is 4.98 Å². The normalized spacial score (nSPS) is 10.3. The maximum atomic E-state index is 9.54. The van der Waals surface area contributed by atoms with E-state index in [1.54, 1.807) is 25.5 Å². The highest BCUT2D eigenvalue weighted by Crippen LogP contribution is 2.42. The summed E-state index contributed by atoms with van der Waals surface area (Å²) in [6.07, 6.45) is 1.56. The van der Waals surface area contributed by atoms with E-state index in [2.05, 4.69) is 11.1 Å². The summed E-state index contributed by atoms with van der Waals surface area (Å²) in [5.41, 5.74) is 9.20. The summed E-state index contributed by atoms with van der Waals surface area (Å²) in [4.78, 5) is 4.32. The third-order valence-electron chi connectivity index (χ3n) is 3.66. The lowest BCUT2D eigenvalue weighted by Gasteiger charge is -2.16. The highest BCUT2D eigenvalue weighted by molar-refractivity contribution is 5.91. The second kappa shape index (κ2) is 5.85. The summed E-state index contributed by atoms with van der Waals surface area (Å²) in [7, 11) is 1.61. The molecule has 1 aromatic carbocycles. The SMILES string of the molecule is COc1ccccc1-c1c(C)nc(N)c(C#N)c1-c1ccco1. The first-order chi connectivity index (χ1) is 11.2. The van der Waals surface area contributed by atoms with Crippen molar-refractivity contribution in [2.24, 2.45) is 0 Å². The first kappa shape index (κ1) is 14.7. The highest BCUT2D eigenvalue weighted by Gasteiger charge is 2.22. The smallest absolute Gasteiger partial charge is 0.142 e. The molecule has 114 valence electrons. The highest BCUT2D eigenvalue weighted by atomic mass is 16.5. The third-order valence-corrected chi connectivity index (χ3v) is 3.66. The Hall–Kier alpha value is -3.26. The molecule has 5 nitrogen and oxygen atoms in total. The van der Waals surface area contributed by atoms with Gasteiger partial charge < -0.3 is 14.9 Å². The van der Waals surface area contributed by atoms with E-state index in [1.807, 2.05) is 31.2 Å². The van der Waals surface area contributed by atoms with Gasteiger partial charge in [-0.25, -0.2) is 4.98 Å². The van der Waals surface area contributed by atoms with E-state index in [0.29, 0.717) is 28.3 Å². The molecule has 23 heavy (non-hydrogen) atoms.